The standard InChI is InChI=1S/C7H12ClNO2/c8-4-1-5-11-7(10)9-6-2-3-6/h6H,1-5H2,(H,9,10). The zero-order valence-corrected chi connectivity index (χ0v) is 7.06. The van der Waals surface area contributed by atoms with Crippen LogP contribution in [0.1, 0.15) is 19.3 Å². The van der Waals surface area contributed by atoms with Gasteiger partial charge in [0.05, 0.1) is 6.61 Å². The monoisotopic (exact) mass is 177 g/mol. The van der Waals surface area contributed by atoms with Crippen LogP contribution < -0.4 is 5.32 Å². The van der Waals surface area contributed by atoms with E-state index in [4.69, 9.17) is 16.3 Å². The Morgan fingerprint density at radius 1 is 1.64 bits per heavy atom. The molecule has 0 aromatic rings. The fourth-order valence-corrected chi connectivity index (χ4v) is 0.765. The van der Waals surface area contributed by atoms with Crippen molar-refractivity contribution >= 4 is 17.7 Å². The quantitative estimate of drug-likeness (QED) is 0.522. The zero-order valence-electron chi connectivity index (χ0n) is 6.31. The Bertz CT molecular complexity index is 136. The van der Waals surface area contributed by atoms with Crippen molar-refractivity contribution in [1.82, 2.24) is 5.32 Å². The molecule has 1 fully saturated rings. The molecule has 0 atom stereocenters. The van der Waals surface area contributed by atoms with Crippen molar-refractivity contribution in [1.29, 1.82) is 0 Å². The number of hydrogen-bond donors (Lipinski definition) is 1. The SMILES string of the molecule is O=C(NC1CC1)OCCCCl. The number of hydrogen-bond acceptors (Lipinski definition) is 2. The van der Waals surface area contributed by atoms with Crippen LogP contribution in [-0.4, -0.2) is 24.6 Å². The van der Waals surface area contributed by atoms with Crippen LogP contribution in [0.25, 0.3) is 0 Å². The predicted octanol–water partition coefficient (Wildman–Crippen LogP) is 1.50. The number of amides is 1. The van der Waals surface area contributed by atoms with Crippen molar-refractivity contribution in [2.24, 2.45) is 0 Å². The molecule has 4 heteroatoms. The van der Waals surface area contributed by atoms with Crippen LogP contribution in [0.4, 0.5) is 4.79 Å². The second-order valence-corrected chi connectivity index (χ2v) is 2.98. The van der Waals surface area contributed by atoms with Crippen LogP contribution in [0.3, 0.4) is 0 Å². The Hall–Kier alpha value is -0.440. The first-order valence-corrected chi connectivity index (χ1v) is 4.35. The van der Waals surface area contributed by atoms with Crippen LogP contribution in [0.2, 0.25) is 0 Å². The number of nitrogens with one attached hydrogen (secondary N) is 1. The third-order valence-electron chi connectivity index (χ3n) is 1.41. The lowest BCUT2D eigenvalue weighted by molar-refractivity contribution is 0.146. The molecule has 0 spiro atoms. The molecule has 0 radical (unpaired) electrons. The maximum atomic E-state index is 10.8. The molecule has 1 amide bonds. The zero-order chi connectivity index (χ0) is 8.10. The average Bonchev–Trinajstić information content (AvgIpc) is 2.72. The van der Waals surface area contributed by atoms with Gasteiger partial charge in [-0.1, -0.05) is 0 Å². The largest absolute Gasteiger partial charge is 0.450 e. The van der Waals surface area contributed by atoms with Gasteiger partial charge in [0.2, 0.25) is 0 Å². The van der Waals surface area contributed by atoms with Crippen molar-refractivity contribution in [3.63, 3.8) is 0 Å². The molecule has 1 rings (SSSR count). The molecule has 0 bridgehead atoms. The van der Waals surface area contributed by atoms with E-state index in [1.165, 1.54) is 0 Å². The molecule has 0 aromatic carbocycles. The summed E-state index contributed by atoms with van der Waals surface area (Å²) in [5.41, 5.74) is 0. The molecule has 0 saturated heterocycles. The molecule has 1 aliphatic rings. The molecule has 1 aliphatic carbocycles. The van der Waals surface area contributed by atoms with E-state index in [9.17, 15) is 4.79 Å². The number of carbonyl (C=O) groups is 1. The topological polar surface area (TPSA) is 38.3 Å². The van der Waals surface area contributed by atoms with Gasteiger partial charge in [0, 0.05) is 11.9 Å². The average molecular weight is 178 g/mol. The van der Waals surface area contributed by atoms with Gasteiger partial charge in [0.1, 0.15) is 0 Å². The van der Waals surface area contributed by atoms with Crippen molar-refractivity contribution < 1.29 is 9.53 Å². The van der Waals surface area contributed by atoms with Crippen molar-refractivity contribution in [3.05, 3.63) is 0 Å². The summed E-state index contributed by atoms with van der Waals surface area (Å²) in [7, 11) is 0. The Morgan fingerprint density at radius 2 is 2.36 bits per heavy atom. The number of ether oxygens (including phenoxy) is 1. The lowest BCUT2D eigenvalue weighted by Gasteiger charge is -2.03. The molecule has 11 heavy (non-hydrogen) atoms. The van der Waals surface area contributed by atoms with E-state index in [2.05, 4.69) is 5.32 Å². The fraction of sp³-hybridized carbons (Fsp3) is 0.857. The fourth-order valence-electron chi connectivity index (χ4n) is 0.655. The van der Waals surface area contributed by atoms with Crippen LogP contribution in [-0.2, 0) is 4.74 Å². The second-order valence-electron chi connectivity index (χ2n) is 2.60. The summed E-state index contributed by atoms with van der Waals surface area (Å²) in [5.74, 6) is 0.538. The third kappa shape index (κ3) is 4.09. The second kappa shape index (κ2) is 4.44. The van der Waals surface area contributed by atoms with Gasteiger partial charge in [-0.15, -0.1) is 11.6 Å². The van der Waals surface area contributed by atoms with Crippen LogP contribution in [0.5, 0.6) is 0 Å². The third-order valence-corrected chi connectivity index (χ3v) is 1.68. The van der Waals surface area contributed by atoms with Gasteiger partial charge < -0.3 is 10.1 Å². The highest BCUT2D eigenvalue weighted by Gasteiger charge is 2.23. The molecule has 64 valence electrons. The highest BCUT2D eigenvalue weighted by Crippen LogP contribution is 2.18. The highest BCUT2D eigenvalue weighted by atomic mass is 35.5. The summed E-state index contributed by atoms with van der Waals surface area (Å²) in [5, 5.41) is 2.71. The molecular formula is C7H12ClNO2. The Labute approximate surface area is 71.1 Å². The van der Waals surface area contributed by atoms with E-state index in [1.54, 1.807) is 0 Å². The maximum absolute atomic E-state index is 10.8. The minimum atomic E-state index is -0.308. The molecule has 1 N–H and O–H groups in total. The first kappa shape index (κ1) is 8.65. The summed E-state index contributed by atoms with van der Waals surface area (Å²) >= 11 is 5.39. The lowest BCUT2D eigenvalue weighted by Crippen LogP contribution is -2.26. The maximum Gasteiger partial charge on any atom is 0.407 e. The first-order chi connectivity index (χ1) is 5.33. The number of alkyl carbamates (subject to hydrolysis) is 1. The minimum Gasteiger partial charge on any atom is -0.450 e. The normalized spacial score (nSPS) is 16.1. The number of carbonyl (C=O) groups excluding carboxylic acids is 1. The van der Waals surface area contributed by atoms with E-state index in [0.717, 1.165) is 19.3 Å². The molecular weight excluding hydrogens is 166 g/mol. The van der Waals surface area contributed by atoms with E-state index >= 15 is 0 Å². The molecule has 0 aromatic heterocycles. The van der Waals surface area contributed by atoms with E-state index in [0.29, 0.717) is 18.5 Å². The van der Waals surface area contributed by atoms with E-state index in [1.807, 2.05) is 0 Å². The summed E-state index contributed by atoms with van der Waals surface area (Å²) < 4.78 is 4.80. The van der Waals surface area contributed by atoms with Gasteiger partial charge in [-0.3, -0.25) is 0 Å². The van der Waals surface area contributed by atoms with E-state index < -0.39 is 0 Å². The van der Waals surface area contributed by atoms with Crippen LogP contribution >= 0.6 is 11.6 Å². The van der Waals surface area contributed by atoms with Gasteiger partial charge in [-0.2, -0.15) is 0 Å². The van der Waals surface area contributed by atoms with Crippen molar-refractivity contribution in [3.8, 4) is 0 Å². The molecule has 0 unspecified atom stereocenters. The molecule has 0 aliphatic heterocycles. The Kier molecular flexibility index (Phi) is 3.49. The summed E-state index contributed by atoms with van der Waals surface area (Å²) in [4.78, 5) is 10.8. The summed E-state index contributed by atoms with van der Waals surface area (Å²) in [6.07, 6.45) is 2.59. The van der Waals surface area contributed by atoms with Gasteiger partial charge in [-0.05, 0) is 19.3 Å². The molecule has 3 nitrogen and oxygen atoms in total. The Balaban J connectivity index is 1.92. The van der Waals surface area contributed by atoms with Gasteiger partial charge in [0.15, 0.2) is 0 Å². The molecule has 1 saturated carbocycles. The number of rotatable bonds is 4. The van der Waals surface area contributed by atoms with Gasteiger partial charge in [-0.25, -0.2) is 4.79 Å². The molecule has 0 heterocycles. The summed E-state index contributed by atoms with van der Waals surface area (Å²) in [6.45, 7) is 0.419. The van der Waals surface area contributed by atoms with Crippen molar-refractivity contribution in [2.75, 3.05) is 12.5 Å². The van der Waals surface area contributed by atoms with Gasteiger partial charge >= 0.3 is 6.09 Å². The number of halogens is 1. The van der Waals surface area contributed by atoms with Crippen LogP contribution in [0.15, 0.2) is 0 Å². The highest BCUT2D eigenvalue weighted by molar-refractivity contribution is 6.17. The van der Waals surface area contributed by atoms with Crippen LogP contribution in [0, 0.1) is 0 Å². The lowest BCUT2D eigenvalue weighted by atomic mass is 10.5. The predicted molar refractivity (Wildman–Crippen MR) is 42.8 cm³/mol. The summed E-state index contributed by atoms with van der Waals surface area (Å²) in [6, 6.07) is 0.374. The van der Waals surface area contributed by atoms with Gasteiger partial charge in [0.25, 0.3) is 0 Å². The number of alkyl halides is 1. The van der Waals surface area contributed by atoms with E-state index in [-0.39, 0.29) is 6.09 Å². The Morgan fingerprint density at radius 3 is 2.91 bits per heavy atom. The van der Waals surface area contributed by atoms with Crippen molar-refractivity contribution in [2.45, 2.75) is 25.3 Å². The smallest absolute Gasteiger partial charge is 0.407 e. The first-order valence-electron chi connectivity index (χ1n) is 3.82. The minimum absolute atomic E-state index is 0.308.